The molecule has 3 heterocycles. The Labute approximate surface area is 205 Å². The zero-order valence-electron chi connectivity index (χ0n) is 19.8. The molecule has 7 nitrogen and oxygen atoms in total. The first-order valence-corrected chi connectivity index (χ1v) is 11.3. The maximum absolute atomic E-state index is 14.1. The van der Waals surface area contributed by atoms with E-state index in [4.69, 9.17) is 15.2 Å². The van der Waals surface area contributed by atoms with E-state index in [0.717, 1.165) is 22.4 Å². The van der Waals surface area contributed by atoms with Gasteiger partial charge >= 0.3 is 6.18 Å². The minimum Gasteiger partial charge on any atom is -0.476 e. The number of amidine groups is 1. The van der Waals surface area contributed by atoms with Crippen molar-refractivity contribution >= 4 is 17.2 Å². The average Bonchev–Trinajstić information content (AvgIpc) is 2.86. The van der Waals surface area contributed by atoms with Gasteiger partial charge in [-0.25, -0.2) is 19.4 Å². The Morgan fingerprint density at radius 3 is 2.58 bits per heavy atom. The van der Waals surface area contributed by atoms with Gasteiger partial charge in [-0.3, -0.25) is 0 Å². The number of anilines is 1. The minimum absolute atomic E-state index is 0.137. The topological polar surface area (TPSA) is 85.9 Å². The van der Waals surface area contributed by atoms with Gasteiger partial charge in [-0.2, -0.15) is 13.2 Å². The van der Waals surface area contributed by atoms with Crippen LogP contribution in [-0.2, 0) is 10.9 Å². The normalized spacial score (nSPS) is 14.7. The number of halogens is 4. The average molecular weight is 504 g/mol. The molecule has 2 aromatic heterocycles. The standard InChI is InChI=1S/C25H25F4N5O2/c1-3-36-24-21(34-6-8-35-9-7-34)11-17(13-32-24)18-10-16(5-4-15(18)2)23(30)33-20-12-22(25(27,28)29)31-14-19(20)26/h4-5,10-14H,3,6-9H2,1-2H3,(H2,30,31,33). The van der Waals surface area contributed by atoms with Crippen LogP contribution in [0.5, 0.6) is 5.88 Å². The van der Waals surface area contributed by atoms with E-state index in [1.54, 1.807) is 18.3 Å². The third-order valence-electron chi connectivity index (χ3n) is 5.68. The molecule has 2 N–H and O–H groups in total. The van der Waals surface area contributed by atoms with Gasteiger partial charge in [0.2, 0.25) is 5.88 Å². The van der Waals surface area contributed by atoms with E-state index in [2.05, 4.69) is 19.9 Å². The van der Waals surface area contributed by atoms with Gasteiger partial charge in [0, 0.05) is 30.4 Å². The third-order valence-corrected chi connectivity index (χ3v) is 5.68. The van der Waals surface area contributed by atoms with Crippen LogP contribution in [0.3, 0.4) is 0 Å². The summed E-state index contributed by atoms with van der Waals surface area (Å²) in [5, 5.41) is 0. The first kappa shape index (κ1) is 25.4. The van der Waals surface area contributed by atoms with E-state index >= 15 is 0 Å². The summed E-state index contributed by atoms with van der Waals surface area (Å²) >= 11 is 0. The van der Waals surface area contributed by atoms with Crippen molar-refractivity contribution in [3.8, 4) is 17.0 Å². The number of alkyl halides is 3. The van der Waals surface area contributed by atoms with Crippen LogP contribution in [0.25, 0.3) is 11.1 Å². The lowest BCUT2D eigenvalue weighted by molar-refractivity contribution is -0.141. The maximum atomic E-state index is 14.1. The number of hydrogen-bond donors (Lipinski definition) is 1. The summed E-state index contributed by atoms with van der Waals surface area (Å²) in [6.07, 6.45) is -2.57. The molecule has 0 bridgehead atoms. The van der Waals surface area contributed by atoms with E-state index in [9.17, 15) is 17.6 Å². The first-order valence-electron chi connectivity index (χ1n) is 11.3. The molecule has 1 aliphatic rings. The molecule has 3 aromatic rings. The number of aromatic nitrogens is 2. The highest BCUT2D eigenvalue weighted by molar-refractivity contribution is 6.00. The minimum atomic E-state index is -4.73. The summed E-state index contributed by atoms with van der Waals surface area (Å²) in [6, 6.07) is 7.73. The molecule has 4 rings (SSSR count). The molecule has 0 saturated carbocycles. The van der Waals surface area contributed by atoms with Crippen LogP contribution in [0.4, 0.5) is 28.9 Å². The SMILES string of the molecule is CCOc1ncc(-c2cc(C(N)=Nc3cc(C(F)(F)F)ncc3F)ccc2C)cc1N1CCOCC1. The highest BCUT2D eigenvalue weighted by atomic mass is 19.4. The van der Waals surface area contributed by atoms with Crippen LogP contribution in [0.2, 0.25) is 0 Å². The quantitative estimate of drug-likeness (QED) is 0.293. The second-order valence-electron chi connectivity index (χ2n) is 8.13. The Morgan fingerprint density at radius 2 is 1.89 bits per heavy atom. The number of hydrogen-bond acceptors (Lipinski definition) is 6. The van der Waals surface area contributed by atoms with Gasteiger partial charge in [-0.15, -0.1) is 0 Å². The van der Waals surface area contributed by atoms with Crippen LogP contribution in [-0.4, -0.2) is 48.7 Å². The van der Waals surface area contributed by atoms with E-state index in [1.165, 1.54) is 0 Å². The largest absolute Gasteiger partial charge is 0.476 e. The van der Waals surface area contributed by atoms with Gasteiger partial charge < -0.3 is 20.1 Å². The highest BCUT2D eigenvalue weighted by Gasteiger charge is 2.33. The molecule has 11 heteroatoms. The summed E-state index contributed by atoms with van der Waals surface area (Å²) in [5.41, 5.74) is 8.04. The molecule has 1 saturated heterocycles. The number of benzene rings is 1. The Balaban J connectivity index is 1.72. The molecule has 0 aliphatic carbocycles. The number of ether oxygens (including phenoxy) is 2. The molecule has 0 atom stereocenters. The van der Waals surface area contributed by atoms with Crippen molar-refractivity contribution in [1.82, 2.24) is 9.97 Å². The summed E-state index contributed by atoms with van der Waals surface area (Å²) in [4.78, 5) is 13.7. The fraction of sp³-hybridized carbons (Fsp3) is 0.320. The number of pyridine rings is 2. The van der Waals surface area contributed by atoms with Crippen molar-refractivity contribution in [3.63, 3.8) is 0 Å². The summed E-state index contributed by atoms with van der Waals surface area (Å²) in [5.74, 6) is -0.627. The second kappa shape index (κ2) is 10.5. The lowest BCUT2D eigenvalue weighted by Gasteiger charge is -2.30. The van der Waals surface area contributed by atoms with Crippen molar-refractivity contribution in [1.29, 1.82) is 0 Å². The van der Waals surface area contributed by atoms with Gasteiger partial charge in [-0.05, 0) is 43.2 Å². The van der Waals surface area contributed by atoms with Gasteiger partial charge in [0.25, 0.3) is 0 Å². The molecular formula is C25H25F4N5O2. The zero-order valence-corrected chi connectivity index (χ0v) is 19.8. The van der Waals surface area contributed by atoms with Crippen LogP contribution >= 0.6 is 0 Å². The summed E-state index contributed by atoms with van der Waals surface area (Å²) in [6.45, 7) is 6.85. The molecule has 1 fully saturated rings. The molecule has 0 radical (unpaired) electrons. The van der Waals surface area contributed by atoms with E-state index in [0.29, 0.717) is 56.6 Å². The van der Waals surface area contributed by atoms with Gasteiger partial charge in [-0.1, -0.05) is 12.1 Å². The molecule has 0 unspecified atom stereocenters. The molecule has 1 aromatic carbocycles. The fourth-order valence-electron chi connectivity index (χ4n) is 3.82. The molecule has 0 amide bonds. The number of nitrogens with two attached hydrogens (primary N) is 1. The molecule has 190 valence electrons. The van der Waals surface area contributed by atoms with E-state index < -0.39 is 23.4 Å². The van der Waals surface area contributed by atoms with Crippen molar-refractivity contribution in [2.45, 2.75) is 20.0 Å². The predicted molar refractivity (Wildman–Crippen MR) is 128 cm³/mol. The first-order chi connectivity index (χ1) is 17.2. The van der Waals surface area contributed by atoms with Gasteiger partial charge in [0.1, 0.15) is 22.9 Å². The second-order valence-corrected chi connectivity index (χ2v) is 8.13. The van der Waals surface area contributed by atoms with Crippen LogP contribution in [0, 0.1) is 12.7 Å². The number of rotatable bonds is 6. The highest BCUT2D eigenvalue weighted by Crippen LogP contribution is 2.34. The number of aryl methyl sites for hydroxylation is 1. The molecule has 0 spiro atoms. The monoisotopic (exact) mass is 503 g/mol. The molecule has 1 aliphatic heterocycles. The Morgan fingerprint density at radius 1 is 1.14 bits per heavy atom. The van der Waals surface area contributed by atoms with Gasteiger partial charge in [0.05, 0.1) is 26.0 Å². The number of morpholine rings is 1. The number of nitrogens with zero attached hydrogens (tertiary/aromatic N) is 4. The van der Waals surface area contributed by atoms with Crippen LogP contribution < -0.4 is 15.4 Å². The van der Waals surface area contributed by atoms with Crippen molar-refractivity contribution in [2.24, 2.45) is 10.7 Å². The molecule has 36 heavy (non-hydrogen) atoms. The lowest BCUT2D eigenvalue weighted by atomic mass is 9.98. The summed E-state index contributed by atoms with van der Waals surface area (Å²) in [7, 11) is 0. The Kier molecular flexibility index (Phi) is 7.39. The third kappa shape index (κ3) is 5.56. The smallest absolute Gasteiger partial charge is 0.433 e. The van der Waals surface area contributed by atoms with E-state index in [1.807, 2.05) is 26.0 Å². The van der Waals surface area contributed by atoms with Crippen molar-refractivity contribution in [2.75, 3.05) is 37.8 Å². The van der Waals surface area contributed by atoms with Crippen molar-refractivity contribution < 1.29 is 27.0 Å². The zero-order chi connectivity index (χ0) is 25.9. The van der Waals surface area contributed by atoms with Gasteiger partial charge in [0.15, 0.2) is 5.82 Å². The van der Waals surface area contributed by atoms with Crippen LogP contribution in [0.15, 0.2) is 47.7 Å². The maximum Gasteiger partial charge on any atom is 0.433 e. The fourth-order valence-corrected chi connectivity index (χ4v) is 3.82. The Bertz CT molecular complexity index is 1270. The molecular weight excluding hydrogens is 478 g/mol. The van der Waals surface area contributed by atoms with Crippen molar-refractivity contribution in [3.05, 3.63) is 65.4 Å². The Hall–Kier alpha value is -3.73. The lowest BCUT2D eigenvalue weighted by Crippen LogP contribution is -2.36. The number of aliphatic imine (C=N–C) groups is 1. The summed E-state index contributed by atoms with van der Waals surface area (Å²) < 4.78 is 64.3. The van der Waals surface area contributed by atoms with Crippen LogP contribution in [0.1, 0.15) is 23.7 Å². The predicted octanol–water partition coefficient (Wildman–Crippen LogP) is 4.88. The van der Waals surface area contributed by atoms with E-state index in [-0.39, 0.29) is 5.84 Å².